The fourth-order valence-corrected chi connectivity index (χ4v) is 2.63. The normalized spacial score (nSPS) is 17.3. The minimum Gasteiger partial charge on any atom is -0.489 e. The number of halogens is 1. The van der Waals surface area contributed by atoms with Crippen molar-refractivity contribution in [1.29, 1.82) is 0 Å². The van der Waals surface area contributed by atoms with Gasteiger partial charge in [0.2, 0.25) is 0 Å². The standard InChI is InChI=1S/C19H17FN2O3/c20-15-4-1-13(2-5-15)10-21-22-18(23)14-3-6-16-17(9-14)25-12-19(7-8-19)11-24-16/h1-6,9-10H,7-8,11-12H2,(H,22,23)/b21-10+. The summed E-state index contributed by atoms with van der Waals surface area (Å²) in [6.07, 6.45) is 3.69. The number of hydrogen-bond acceptors (Lipinski definition) is 4. The van der Waals surface area contributed by atoms with Crippen molar-refractivity contribution < 1.29 is 18.7 Å². The molecule has 0 radical (unpaired) electrons. The molecule has 1 spiro atoms. The van der Waals surface area contributed by atoms with E-state index in [-0.39, 0.29) is 17.1 Å². The van der Waals surface area contributed by atoms with Gasteiger partial charge in [-0.15, -0.1) is 0 Å². The number of carbonyl (C=O) groups is 1. The van der Waals surface area contributed by atoms with Crippen LogP contribution in [0.1, 0.15) is 28.8 Å². The summed E-state index contributed by atoms with van der Waals surface area (Å²) in [6, 6.07) is 10.9. The second-order valence-electron chi connectivity index (χ2n) is 6.49. The van der Waals surface area contributed by atoms with E-state index in [4.69, 9.17) is 9.47 Å². The van der Waals surface area contributed by atoms with E-state index in [1.165, 1.54) is 18.3 Å². The van der Waals surface area contributed by atoms with Gasteiger partial charge in [-0.25, -0.2) is 9.82 Å². The van der Waals surface area contributed by atoms with Gasteiger partial charge < -0.3 is 9.47 Å². The fourth-order valence-electron chi connectivity index (χ4n) is 2.63. The summed E-state index contributed by atoms with van der Waals surface area (Å²) in [6.45, 7) is 1.28. The van der Waals surface area contributed by atoms with E-state index in [0.29, 0.717) is 35.8 Å². The van der Waals surface area contributed by atoms with Crippen LogP contribution < -0.4 is 14.9 Å². The smallest absolute Gasteiger partial charge is 0.271 e. The summed E-state index contributed by atoms with van der Waals surface area (Å²) in [7, 11) is 0. The molecule has 0 atom stereocenters. The average molecular weight is 340 g/mol. The van der Waals surface area contributed by atoms with Crippen LogP contribution in [0.15, 0.2) is 47.6 Å². The molecule has 2 aromatic rings. The van der Waals surface area contributed by atoms with Gasteiger partial charge in [0.25, 0.3) is 5.91 Å². The minimum absolute atomic E-state index is 0.154. The lowest BCUT2D eigenvalue weighted by atomic mass is 10.1. The zero-order valence-corrected chi connectivity index (χ0v) is 13.5. The molecule has 5 nitrogen and oxygen atoms in total. The molecule has 0 bridgehead atoms. The molecule has 4 rings (SSSR count). The first-order chi connectivity index (χ1) is 12.1. The van der Waals surface area contributed by atoms with Crippen molar-refractivity contribution in [1.82, 2.24) is 5.43 Å². The Balaban J connectivity index is 1.42. The van der Waals surface area contributed by atoms with Gasteiger partial charge in [0.1, 0.15) is 5.82 Å². The average Bonchev–Trinajstić information content (AvgIpc) is 3.43. The number of fused-ring (bicyclic) bond motifs is 1. The highest BCUT2D eigenvalue weighted by atomic mass is 19.1. The zero-order chi connectivity index (χ0) is 17.3. The van der Waals surface area contributed by atoms with Crippen molar-refractivity contribution in [3.63, 3.8) is 0 Å². The predicted molar refractivity (Wildman–Crippen MR) is 90.6 cm³/mol. The highest BCUT2D eigenvalue weighted by Gasteiger charge is 2.46. The van der Waals surface area contributed by atoms with Gasteiger partial charge in [-0.05, 0) is 48.7 Å². The van der Waals surface area contributed by atoms with Crippen LogP contribution in [0.3, 0.4) is 0 Å². The number of nitrogens with one attached hydrogen (secondary N) is 1. The Morgan fingerprint density at radius 2 is 1.80 bits per heavy atom. The molecule has 1 saturated carbocycles. The van der Waals surface area contributed by atoms with E-state index >= 15 is 0 Å². The molecule has 1 aliphatic heterocycles. The van der Waals surface area contributed by atoms with Crippen molar-refractivity contribution >= 4 is 12.1 Å². The van der Waals surface area contributed by atoms with Crippen LogP contribution in [-0.2, 0) is 0 Å². The lowest BCUT2D eigenvalue weighted by molar-refractivity contribution is 0.0954. The molecule has 0 saturated heterocycles. The van der Waals surface area contributed by atoms with Crippen molar-refractivity contribution in [2.24, 2.45) is 10.5 Å². The summed E-state index contributed by atoms with van der Waals surface area (Å²) in [5.41, 5.74) is 3.73. The van der Waals surface area contributed by atoms with Gasteiger partial charge in [-0.3, -0.25) is 4.79 Å². The van der Waals surface area contributed by atoms with Gasteiger partial charge in [0, 0.05) is 11.0 Å². The molecule has 0 aromatic heterocycles. The van der Waals surface area contributed by atoms with E-state index in [0.717, 1.165) is 12.8 Å². The zero-order valence-electron chi connectivity index (χ0n) is 13.5. The Hall–Kier alpha value is -2.89. The SMILES string of the molecule is O=C(N/N=C/c1ccc(F)cc1)c1ccc2c(c1)OCC1(CC1)CO2. The van der Waals surface area contributed by atoms with Crippen molar-refractivity contribution in [2.75, 3.05) is 13.2 Å². The summed E-state index contributed by atoms with van der Waals surface area (Å²) in [5, 5.41) is 3.89. The molecule has 1 heterocycles. The molecule has 1 aliphatic carbocycles. The molecule has 0 unspecified atom stereocenters. The topological polar surface area (TPSA) is 59.9 Å². The Kier molecular flexibility index (Phi) is 3.87. The second-order valence-corrected chi connectivity index (χ2v) is 6.49. The van der Waals surface area contributed by atoms with E-state index in [2.05, 4.69) is 10.5 Å². The maximum absolute atomic E-state index is 12.8. The number of amides is 1. The third-order valence-electron chi connectivity index (χ3n) is 4.48. The van der Waals surface area contributed by atoms with Crippen molar-refractivity contribution in [3.05, 3.63) is 59.4 Å². The predicted octanol–water partition coefficient (Wildman–Crippen LogP) is 3.14. The number of hydrazone groups is 1. The molecular formula is C19H17FN2O3. The molecule has 6 heteroatoms. The van der Waals surface area contributed by atoms with Gasteiger partial charge in [-0.1, -0.05) is 12.1 Å². The number of ether oxygens (including phenoxy) is 2. The van der Waals surface area contributed by atoms with Crippen molar-refractivity contribution in [3.8, 4) is 11.5 Å². The minimum atomic E-state index is -0.352. The maximum Gasteiger partial charge on any atom is 0.271 e. The monoisotopic (exact) mass is 340 g/mol. The van der Waals surface area contributed by atoms with E-state index in [1.807, 2.05) is 0 Å². The van der Waals surface area contributed by atoms with Gasteiger partial charge in [0.15, 0.2) is 11.5 Å². The van der Waals surface area contributed by atoms with Crippen LogP contribution in [0.25, 0.3) is 0 Å². The third kappa shape index (κ3) is 3.47. The Morgan fingerprint density at radius 3 is 2.52 bits per heavy atom. The van der Waals surface area contributed by atoms with E-state index in [1.54, 1.807) is 30.3 Å². The molecule has 2 aromatic carbocycles. The van der Waals surface area contributed by atoms with Gasteiger partial charge in [0.05, 0.1) is 19.4 Å². The first-order valence-corrected chi connectivity index (χ1v) is 8.12. The first-order valence-electron chi connectivity index (χ1n) is 8.12. The number of carbonyl (C=O) groups excluding carboxylic acids is 1. The molecule has 1 amide bonds. The number of nitrogens with zero attached hydrogens (tertiary/aromatic N) is 1. The molecule has 1 N–H and O–H groups in total. The Morgan fingerprint density at radius 1 is 1.08 bits per heavy atom. The lowest BCUT2D eigenvalue weighted by Crippen LogP contribution is -2.18. The van der Waals surface area contributed by atoms with Crippen molar-refractivity contribution in [2.45, 2.75) is 12.8 Å². The van der Waals surface area contributed by atoms with Crippen LogP contribution in [-0.4, -0.2) is 25.3 Å². The highest BCUT2D eigenvalue weighted by molar-refractivity contribution is 5.95. The largest absolute Gasteiger partial charge is 0.489 e. The van der Waals surface area contributed by atoms with Crippen LogP contribution in [0.5, 0.6) is 11.5 Å². The lowest BCUT2D eigenvalue weighted by Gasteiger charge is -2.09. The molecule has 2 aliphatic rings. The van der Waals surface area contributed by atoms with E-state index < -0.39 is 0 Å². The van der Waals surface area contributed by atoms with Crippen LogP contribution in [0, 0.1) is 11.2 Å². The number of rotatable bonds is 3. The van der Waals surface area contributed by atoms with Crippen LogP contribution in [0.4, 0.5) is 4.39 Å². The van der Waals surface area contributed by atoms with E-state index in [9.17, 15) is 9.18 Å². The summed E-state index contributed by atoms with van der Waals surface area (Å²) < 4.78 is 24.5. The molecular weight excluding hydrogens is 323 g/mol. The molecule has 1 fully saturated rings. The summed E-state index contributed by atoms with van der Waals surface area (Å²) >= 11 is 0. The summed E-state index contributed by atoms with van der Waals surface area (Å²) in [5.74, 6) is 0.575. The van der Waals surface area contributed by atoms with Gasteiger partial charge >= 0.3 is 0 Å². The quantitative estimate of drug-likeness (QED) is 0.690. The van der Waals surface area contributed by atoms with Crippen LogP contribution in [0.2, 0.25) is 0 Å². The molecule has 128 valence electrons. The number of benzene rings is 2. The Labute approximate surface area is 144 Å². The molecule has 25 heavy (non-hydrogen) atoms. The first kappa shape index (κ1) is 15.6. The maximum atomic E-state index is 12.8. The van der Waals surface area contributed by atoms with Crippen LogP contribution >= 0.6 is 0 Å². The van der Waals surface area contributed by atoms with Gasteiger partial charge in [-0.2, -0.15) is 5.10 Å². The second kappa shape index (κ2) is 6.20. The summed E-state index contributed by atoms with van der Waals surface area (Å²) in [4.78, 5) is 12.2. The highest BCUT2D eigenvalue weighted by Crippen LogP contribution is 2.49. The Bertz CT molecular complexity index is 829. The third-order valence-corrected chi connectivity index (χ3v) is 4.48. The fraction of sp³-hybridized carbons (Fsp3) is 0.263. The number of hydrogen-bond donors (Lipinski definition) is 1.